The maximum atomic E-state index is 9.56. The lowest BCUT2D eigenvalue weighted by Crippen LogP contribution is -2.24. The highest BCUT2D eigenvalue weighted by molar-refractivity contribution is 9.10. The lowest BCUT2D eigenvalue weighted by Gasteiger charge is -2.12. The highest BCUT2D eigenvalue weighted by Crippen LogP contribution is 2.21. The maximum absolute atomic E-state index is 9.56. The highest BCUT2D eigenvalue weighted by atomic mass is 79.9. The van der Waals surface area contributed by atoms with Crippen molar-refractivity contribution in [3.63, 3.8) is 0 Å². The summed E-state index contributed by atoms with van der Waals surface area (Å²) in [5, 5.41) is 12.9. The zero-order chi connectivity index (χ0) is 10.6. The summed E-state index contributed by atoms with van der Waals surface area (Å²) in [7, 11) is 0. The van der Waals surface area contributed by atoms with E-state index in [9.17, 15) is 5.11 Å². The van der Waals surface area contributed by atoms with Gasteiger partial charge in [-0.05, 0) is 31.5 Å². The van der Waals surface area contributed by atoms with E-state index in [0.29, 0.717) is 18.3 Å². The molecule has 0 aromatic heterocycles. The van der Waals surface area contributed by atoms with Crippen molar-refractivity contribution in [3.05, 3.63) is 28.2 Å². The molecule has 0 aliphatic rings. The van der Waals surface area contributed by atoms with E-state index in [4.69, 9.17) is 0 Å². The van der Waals surface area contributed by atoms with E-state index in [1.165, 1.54) is 0 Å². The van der Waals surface area contributed by atoms with Gasteiger partial charge in [0.05, 0.1) is 0 Å². The van der Waals surface area contributed by atoms with E-state index in [0.717, 1.165) is 16.5 Å². The van der Waals surface area contributed by atoms with E-state index in [1.54, 1.807) is 6.07 Å². The minimum absolute atomic E-state index is 0.351. The Kier molecular flexibility index (Phi) is 4.42. The van der Waals surface area contributed by atoms with Gasteiger partial charge in [-0.25, -0.2) is 0 Å². The first-order valence-electron chi connectivity index (χ1n) is 4.84. The van der Waals surface area contributed by atoms with Crippen LogP contribution in [0.1, 0.15) is 25.8 Å². The van der Waals surface area contributed by atoms with E-state index < -0.39 is 0 Å². The van der Waals surface area contributed by atoms with Crippen LogP contribution in [0.15, 0.2) is 22.7 Å². The minimum atomic E-state index is 0.351. The molecule has 0 bridgehead atoms. The minimum Gasteiger partial charge on any atom is -0.508 e. The van der Waals surface area contributed by atoms with Crippen LogP contribution in [-0.4, -0.2) is 11.1 Å². The molecule has 0 spiro atoms. The molecule has 0 amide bonds. The summed E-state index contributed by atoms with van der Waals surface area (Å²) < 4.78 is 0.997. The van der Waals surface area contributed by atoms with Crippen molar-refractivity contribution < 1.29 is 5.11 Å². The van der Waals surface area contributed by atoms with Crippen molar-refractivity contribution in [3.8, 4) is 5.75 Å². The molecule has 2 nitrogen and oxygen atoms in total. The number of phenolic OH excluding ortho intramolecular Hbond substituents is 1. The molecule has 0 saturated carbocycles. The number of rotatable bonds is 4. The Morgan fingerprint density at radius 3 is 2.86 bits per heavy atom. The average molecular weight is 258 g/mol. The molecular weight excluding hydrogens is 242 g/mol. The van der Waals surface area contributed by atoms with Crippen LogP contribution in [0.3, 0.4) is 0 Å². The fourth-order valence-electron chi connectivity index (χ4n) is 1.12. The molecule has 1 rings (SSSR count). The van der Waals surface area contributed by atoms with Crippen molar-refractivity contribution >= 4 is 15.9 Å². The monoisotopic (exact) mass is 257 g/mol. The van der Waals surface area contributed by atoms with Gasteiger partial charge in [0.1, 0.15) is 5.75 Å². The number of phenols is 1. The van der Waals surface area contributed by atoms with Crippen molar-refractivity contribution in [2.75, 3.05) is 0 Å². The van der Waals surface area contributed by atoms with Gasteiger partial charge in [-0.15, -0.1) is 0 Å². The number of aromatic hydroxyl groups is 1. The van der Waals surface area contributed by atoms with E-state index in [1.807, 2.05) is 12.1 Å². The third-order valence-corrected chi connectivity index (χ3v) is 2.79. The quantitative estimate of drug-likeness (QED) is 0.870. The Hall–Kier alpha value is -0.540. The lowest BCUT2D eigenvalue weighted by atomic mass is 10.2. The number of nitrogens with one attached hydrogen (secondary N) is 1. The summed E-state index contributed by atoms with van der Waals surface area (Å²) in [6, 6.07) is 5.96. The van der Waals surface area contributed by atoms with Gasteiger partial charge in [-0.1, -0.05) is 22.9 Å². The molecule has 1 atom stereocenters. The third-order valence-electron chi connectivity index (χ3n) is 2.29. The molecule has 2 N–H and O–H groups in total. The van der Waals surface area contributed by atoms with Crippen molar-refractivity contribution in [1.82, 2.24) is 5.32 Å². The van der Waals surface area contributed by atoms with Gasteiger partial charge in [0.2, 0.25) is 0 Å². The smallest absolute Gasteiger partial charge is 0.120 e. The summed E-state index contributed by atoms with van der Waals surface area (Å²) in [5.74, 6) is 0.351. The predicted octanol–water partition coefficient (Wildman–Crippen LogP) is 3.04. The molecule has 1 aromatic rings. The second kappa shape index (κ2) is 5.37. The summed E-state index contributed by atoms with van der Waals surface area (Å²) in [5.41, 5.74) is 0.930. The van der Waals surface area contributed by atoms with Crippen LogP contribution in [0.5, 0.6) is 5.75 Å². The molecule has 0 aliphatic carbocycles. The Morgan fingerprint density at radius 2 is 2.21 bits per heavy atom. The van der Waals surface area contributed by atoms with Gasteiger partial charge < -0.3 is 10.4 Å². The van der Waals surface area contributed by atoms with Crippen molar-refractivity contribution in [2.24, 2.45) is 0 Å². The number of hydrogen-bond donors (Lipinski definition) is 2. The highest BCUT2D eigenvalue weighted by Gasteiger charge is 2.03. The zero-order valence-corrected chi connectivity index (χ0v) is 10.1. The van der Waals surface area contributed by atoms with E-state index in [-0.39, 0.29) is 0 Å². The van der Waals surface area contributed by atoms with Gasteiger partial charge in [0, 0.05) is 22.6 Å². The molecule has 0 heterocycles. The van der Waals surface area contributed by atoms with Crippen LogP contribution in [0.25, 0.3) is 0 Å². The molecular formula is C11H16BrNO. The molecule has 14 heavy (non-hydrogen) atoms. The van der Waals surface area contributed by atoms with Crippen LogP contribution in [0, 0.1) is 0 Å². The first kappa shape index (κ1) is 11.5. The van der Waals surface area contributed by atoms with Gasteiger partial charge in [-0.3, -0.25) is 0 Å². The first-order valence-corrected chi connectivity index (χ1v) is 5.63. The fraction of sp³-hybridized carbons (Fsp3) is 0.455. The molecule has 3 heteroatoms. The van der Waals surface area contributed by atoms with Crippen LogP contribution < -0.4 is 5.32 Å². The average Bonchev–Trinajstić information content (AvgIpc) is 2.19. The molecule has 78 valence electrons. The molecule has 0 fully saturated rings. The van der Waals surface area contributed by atoms with E-state index in [2.05, 4.69) is 35.1 Å². The van der Waals surface area contributed by atoms with E-state index >= 15 is 0 Å². The SMILES string of the molecule is CC[C@H](C)NCc1cc(Br)ccc1O. The first-order chi connectivity index (χ1) is 6.63. The van der Waals surface area contributed by atoms with Gasteiger partial charge in [-0.2, -0.15) is 0 Å². The topological polar surface area (TPSA) is 32.3 Å². The van der Waals surface area contributed by atoms with Crippen LogP contribution >= 0.6 is 15.9 Å². The largest absolute Gasteiger partial charge is 0.508 e. The third kappa shape index (κ3) is 3.31. The van der Waals surface area contributed by atoms with Crippen LogP contribution in [0.4, 0.5) is 0 Å². The second-order valence-electron chi connectivity index (χ2n) is 3.46. The number of halogens is 1. The van der Waals surface area contributed by atoms with Crippen LogP contribution in [-0.2, 0) is 6.54 Å². The number of benzene rings is 1. The van der Waals surface area contributed by atoms with Crippen LogP contribution in [0.2, 0.25) is 0 Å². The normalized spacial score (nSPS) is 12.8. The van der Waals surface area contributed by atoms with Crippen molar-refractivity contribution in [2.45, 2.75) is 32.9 Å². The molecule has 1 aromatic carbocycles. The lowest BCUT2D eigenvalue weighted by molar-refractivity contribution is 0.457. The maximum Gasteiger partial charge on any atom is 0.120 e. The molecule has 0 aliphatic heterocycles. The Bertz CT molecular complexity index is 301. The van der Waals surface area contributed by atoms with Gasteiger partial charge >= 0.3 is 0 Å². The summed E-state index contributed by atoms with van der Waals surface area (Å²) in [6.45, 7) is 4.98. The zero-order valence-electron chi connectivity index (χ0n) is 8.55. The fourth-order valence-corrected chi connectivity index (χ4v) is 1.53. The van der Waals surface area contributed by atoms with Gasteiger partial charge in [0.15, 0.2) is 0 Å². The standard InChI is InChI=1S/C11H16BrNO/c1-3-8(2)13-7-9-6-10(12)4-5-11(9)14/h4-6,8,13-14H,3,7H2,1-2H3/t8-/m0/s1. The summed E-state index contributed by atoms with van der Waals surface area (Å²) in [6.07, 6.45) is 1.09. The Labute approximate surface area is 93.5 Å². The molecule has 0 radical (unpaired) electrons. The Balaban J connectivity index is 2.62. The summed E-state index contributed by atoms with van der Waals surface area (Å²) in [4.78, 5) is 0. The second-order valence-corrected chi connectivity index (χ2v) is 4.38. The number of hydrogen-bond acceptors (Lipinski definition) is 2. The van der Waals surface area contributed by atoms with Gasteiger partial charge in [0.25, 0.3) is 0 Å². The summed E-state index contributed by atoms with van der Waals surface area (Å²) >= 11 is 3.38. The van der Waals surface area contributed by atoms with Crippen molar-refractivity contribution in [1.29, 1.82) is 0 Å². The molecule has 0 unspecified atom stereocenters. The molecule has 0 saturated heterocycles. The Morgan fingerprint density at radius 1 is 1.50 bits per heavy atom. The predicted molar refractivity (Wildman–Crippen MR) is 62.4 cm³/mol.